The predicted octanol–water partition coefficient (Wildman–Crippen LogP) is 6.97. The first-order chi connectivity index (χ1) is 17.4. The van der Waals surface area contributed by atoms with Crippen molar-refractivity contribution in [2.45, 2.75) is 24.3 Å². The summed E-state index contributed by atoms with van der Waals surface area (Å²) in [7, 11) is 0. The molecule has 36 heavy (non-hydrogen) atoms. The molecule has 5 rings (SSSR count). The van der Waals surface area contributed by atoms with E-state index in [4.69, 9.17) is 9.29 Å². The normalized spacial score (nSPS) is 14.7. The highest BCUT2D eigenvalue weighted by atomic mass is 32.2. The average Bonchev–Trinajstić information content (AvgIpc) is 3.55. The van der Waals surface area contributed by atoms with Crippen molar-refractivity contribution in [3.05, 3.63) is 82.4 Å². The van der Waals surface area contributed by atoms with E-state index in [1.165, 1.54) is 35.2 Å². The number of nitrogens with zero attached hydrogens (tertiary/aromatic N) is 3. The first-order valence-corrected chi connectivity index (χ1v) is 13.4. The van der Waals surface area contributed by atoms with Gasteiger partial charge in [-0.25, -0.2) is 9.78 Å². The summed E-state index contributed by atoms with van der Waals surface area (Å²) < 4.78 is 6.80. The second kappa shape index (κ2) is 11.5. The molecule has 0 fully saturated rings. The van der Waals surface area contributed by atoms with Gasteiger partial charge in [0.15, 0.2) is 6.04 Å². The zero-order chi connectivity index (χ0) is 25.7. The van der Waals surface area contributed by atoms with Crippen LogP contribution in [0.3, 0.4) is 0 Å². The first kappa shape index (κ1) is 25.7. The standard InChI is InChI=1S/C21H13N3O5S3.C4H8/c25-21(26)17-10-30-19(23-17)20-22-16-8-1-11-9-13(4-7-15(11)18(16)31-20)29-32-14-5-2-12(3-6-14)24(27)28;1-3-4-2/h1-9,17H,10H2,(H,25,26);3H,1,4H2,2H3. The predicted molar refractivity (Wildman–Crippen MR) is 148 cm³/mol. The van der Waals surface area contributed by atoms with Crippen LogP contribution in [0.1, 0.15) is 18.4 Å². The van der Waals surface area contributed by atoms with Crippen LogP contribution in [0.15, 0.2) is 77.1 Å². The molecule has 1 aliphatic rings. The fraction of sp³-hybridized carbons (Fsp3) is 0.160. The number of carboxylic acids is 1. The van der Waals surface area contributed by atoms with Gasteiger partial charge in [0.05, 0.1) is 27.2 Å². The lowest BCUT2D eigenvalue weighted by atomic mass is 10.1. The number of nitro benzene ring substituents is 1. The smallest absolute Gasteiger partial charge is 0.329 e. The number of thiazole rings is 1. The van der Waals surface area contributed by atoms with Gasteiger partial charge in [0, 0.05) is 28.2 Å². The van der Waals surface area contributed by atoms with E-state index in [9.17, 15) is 14.9 Å². The van der Waals surface area contributed by atoms with Crippen molar-refractivity contribution >= 4 is 72.8 Å². The minimum absolute atomic E-state index is 0.0356. The Morgan fingerprint density at radius 1 is 1.28 bits per heavy atom. The largest absolute Gasteiger partial charge is 0.480 e. The number of carbonyl (C=O) groups is 1. The summed E-state index contributed by atoms with van der Waals surface area (Å²) in [6.45, 7) is 5.54. The van der Waals surface area contributed by atoms with Crippen molar-refractivity contribution in [2.75, 3.05) is 5.75 Å². The summed E-state index contributed by atoms with van der Waals surface area (Å²) in [5, 5.41) is 23.3. The maximum Gasteiger partial charge on any atom is 0.329 e. The van der Waals surface area contributed by atoms with Gasteiger partial charge in [-0.2, -0.15) is 0 Å². The van der Waals surface area contributed by atoms with E-state index in [-0.39, 0.29) is 5.69 Å². The quantitative estimate of drug-likeness (QED) is 0.116. The van der Waals surface area contributed by atoms with Gasteiger partial charge in [-0.05, 0) is 48.2 Å². The number of hydrogen-bond donors (Lipinski definition) is 1. The Hall–Kier alpha value is -3.41. The van der Waals surface area contributed by atoms with Gasteiger partial charge in [0.25, 0.3) is 5.69 Å². The van der Waals surface area contributed by atoms with Crippen LogP contribution in [-0.2, 0) is 4.79 Å². The molecule has 1 aliphatic heterocycles. The lowest BCUT2D eigenvalue weighted by Crippen LogP contribution is -2.17. The Bertz CT molecular complexity index is 1470. The van der Waals surface area contributed by atoms with E-state index >= 15 is 0 Å². The molecular formula is C25H21N3O5S3. The Balaban J connectivity index is 0.000000709. The minimum atomic E-state index is -0.918. The number of hydrogen-bond acceptors (Lipinski definition) is 9. The molecule has 0 aliphatic carbocycles. The van der Waals surface area contributed by atoms with Crippen LogP contribution < -0.4 is 4.18 Å². The third-order valence-corrected chi connectivity index (χ3v) is 8.07. The van der Waals surface area contributed by atoms with Crippen LogP contribution in [-0.4, -0.2) is 37.8 Å². The second-order valence-electron chi connectivity index (χ2n) is 7.53. The summed E-state index contributed by atoms with van der Waals surface area (Å²) in [4.78, 5) is 31.2. The molecule has 0 amide bonds. The van der Waals surface area contributed by atoms with E-state index < -0.39 is 16.9 Å². The third kappa shape index (κ3) is 5.86. The van der Waals surface area contributed by atoms with Crippen molar-refractivity contribution in [3.63, 3.8) is 0 Å². The van der Waals surface area contributed by atoms with Crippen molar-refractivity contribution in [2.24, 2.45) is 4.99 Å². The maximum absolute atomic E-state index is 11.2. The van der Waals surface area contributed by atoms with E-state index in [2.05, 4.69) is 23.5 Å². The van der Waals surface area contributed by atoms with E-state index in [0.29, 0.717) is 16.5 Å². The molecular weight excluding hydrogens is 518 g/mol. The van der Waals surface area contributed by atoms with Crippen LogP contribution in [0.25, 0.3) is 21.0 Å². The molecule has 4 aromatic rings. The lowest BCUT2D eigenvalue weighted by Gasteiger charge is -2.06. The highest BCUT2D eigenvalue weighted by Gasteiger charge is 2.27. The Kier molecular flexibility index (Phi) is 8.24. The molecule has 1 aromatic heterocycles. The third-order valence-electron chi connectivity index (χ3n) is 5.03. The average molecular weight is 540 g/mol. The fourth-order valence-electron chi connectivity index (χ4n) is 3.17. The Morgan fingerprint density at radius 2 is 2.03 bits per heavy atom. The van der Waals surface area contributed by atoms with Gasteiger partial charge >= 0.3 is 5.97 Å². The van der Waals surface area contributed by atoms with E-state index in [1.54, 1.807) is 12.1 Å². The number of aliphatic carboxylic acids is 1. The van der Waals surface area contributed by atoms with Crippen molar-refractivity contribution in [3.8, 4) is 5.75 Å². The van der Waals surface area contributed by atoms with Crippen molar-refractivity contribution in [1.82, 2.24) is 4.98 Å². The van der Waals surface area contributed by atoms with Crippen molar-refractivity contribution in [1.29, 1.82) is 0 Å². The number of thioether (sulfide) groups is 1. The minimum Gasteiger partial charge on any atom is -0.480 e. The summed E-state index contributed by atoms with van der Waals surface area (Å²) in [6.07, 6.45) is 2.96. The number of rotatable bonds is 7. The first-order valence-electron chi connectivity index (χ1n) is 10.9. The zero-order valence-corrected chi connectivity index (χ0v) is 21.6. The molecule has 1 unspecified atom stereocenters. The van der Waals surface area contributed by atoms with Crippen LogP contribution in [0.4, 0.5) is 5.69 Å². The SMILES string of the molecule is C=CCC.O=C(O)C1CSC(c2nc3ccc4cc(OSc5ccc([N+](=O)[O-])cc5)ccc4c3s2)=N1. The molecule has 0 saturated heterocycles. The number of carboxylic acid groups (broad SMARTS) is 1. The van der Waals surface area contributed by atoms with Crippen LogP contribution in [0, 0.1) is 10.1 Å². The zero-order valence-electron chi connectivity index (χ0n) is 19.1. The van der Waals surface area contributed by atoms with Gasteiger partial charge in [-0.15, -0.1) is 29.7 Å². The number of aliphatic imine (C=N–C) groups is 1. The number of aromatic nitrogens is 1. The lowest BCUT2D eigenvalue weighted by molar-refractivity contribution is -0.384. The molecule has 3 aromatic carbocycles. The number of allylic oxidation sites excluding steroid dienone is 1. The van der Waals surface area contributed by atoms with Crippen LogP contribution in [0.5, 0.6) is 5.75 Å². The Morgan fingerprint density at radius 3 is 2.67 bits per heavy atom. The molecule has 2 heterocycles. The van der Waals surface area contributed by atoms with E-state index in [1.807, 2.05) is 36.4 Å². The summed E-state index contributed by atoms with van der Waals surface area (Å²) in [6, 6.07) is 15.1. The van der Waals surface area contributed by atoms with Gasteiger partial charge in [-0.1, -0.05) is 19.1 Å². The molecule has 0 radical (unpaired) electrons. The van der Waals surface area contributed by atoms with Crippen molar-refractivity contribution < 1.29 is 19.0 Å². The summed E-state index contributed by atoms with van der Waals surface area (Å²) in [5.74, 6) is 0.164. The molecule has 0 bridgehead atoms. The molecule has 1 N–H and O–H groups in total. The molecule has 0 spiro atoms. The number of non-ortho nitro benzene ring substituents is 1. The van der Waals surface area contributed by atoms with Gasteiger partial charge in [0.2, 0.25) is 0 Å². The summed E-state index contributed by atoms with van der Waals surface area (Å²) >= 11 is 4.05. The van der Waals surface area contributed by atoms with Crippen LogP contribution in [0.2, 0.25) is 0 Å². The molecule has 184 valence electrons. The van der Waals surface area contributed by atoms with Gasteiger partial charge in [-0.3, -0.25) is 15.1 Å². The number of benzene rings is 3. The van der Waals surface area contributed by atoms with E-state index in [0.717, 1.165) is 49.4 Å². The molecule has 1 atom stereocenters. The fourth-order valence-corrected chi connectivity index (χ4v) is 5.91. The molecule has 0 saturated carbocycles. The monoisotopic (exact) mass is 539 g/mol. The summed E-state index contributed by atoms with van der Waals surface area (Å²) in [5.41, 5.74) is 0.877. The maximum atomic E-state index is 11.2. The number of fused-ring (bicyclic) bond motifs is 3. The number of nitro groups is 1. The second-order valence-corrected chi connectivity index (χ2v) is 10.3. The molecule has 11 heteroatoms. The van der Waals surface area contributed by atoms with Gasteiger partial charge < -0.3 is 9.29 Å². The Labute approximate surface area is 219 Å². The highest BCUT2D eigenvalue weighted by molar-refractivity contribution is 8.15. The topological polar surface area (TPSA) is 115 Å². The highest BCUT2D eigenvalue weighted by Crippen LogP contribution is 2.36. The molecule has 8 nitrogen and oxygen atoms in total. The van der Waals surface area contributed by atoms with Gasteiger partial charge in [0.1, 0.15) is 15.8 Å². The van der Waals surface area contributed by atoms with Crippen LogP contribution >= 0.6 is 35.1 Å².